The second kappa shape index (κ2) is 7.73. The van der Waals surface area contributed by atoms with E-state index in [9.17, 15) is 4.79 Å². The topological polar surface area (TPSA) is 80.2 Å². The number of ether oxygens (including phenoxy) is 1. The Bertz CT molecular complexity index is 726. The number of anilines is 1. The quantitative estimate of drug-likeness (QED) is 0.792. The molecule has 5 fully saturated rings. The van der Waals surface area contributed by atoms with E-state index in [0.717, 1.165) is 43.7 Å². The van der Waals surface area contributed by atoms with Crippen molar-refractivity contribution in [2.75, 3.05) is 25.1 Å². The number of rotatable bonds is 6. The lowest BCUT2D eigenvalue weighted by Crippen LogP contribution is -2.48. The van der Waals surface area contributed by atoms with Gasteiger partial charge in [0.25, 0.3) is 0 Å². The summed E-state index contributed by atoms with van der Waals surface area (Å²) < 4.78 is 5.28. The van der Waals surface area contributed by atoms with Gasteiger partial charge in [-0.1, -0.05) is 0 Å². The summed E-state index contributed by atoms with van der Waals surface area (Å²) in [5.74, 6) is 4.00. The standard InChI is InChI=1S/C22H33N5O2/c1-29-21-25-18(24-20(26-21)27-5-3-2-4-6-27)14-23-19(28)13-22-10-15-7-16(11-22)9-17(8-15)12-22/h15-17H,2-14H2,1H3,(H,23,28). The maximum Gasteiger partial charge on any atom is 0.321 e. The third-order valence-corrected chi connectivity index (χ3v) is 7.62. The predicted molar refractivity (Wildman–Crippen MR) is 110 cm³/mol. The summed E-state index contributed by atoms with van der Waals surface area (Å²) in [4.78, 5) is 28.4. The van der Waals surface area contributed by atoms with Gasteiger partial charge < -0.3 is 15.0 Å². The van der Waals surface area contributed by atoms with E-state index < -0.39 is 0 Å². The second-order valence-electron chi connectivity index (χ2n) is 9.96. The normalized spacial score (nSPS) is 33.0. The molecule has 4 saturated carbocycles. The molecule has 2 heterocycles. The molecule has 1 saturated heterocycles. The Morgan fingerprint density at radius 1 is 1.03 bits per heavy atom. The molecule has 0 aromatic carbocycles. The van der Waals surface area contributed by atoms with E-state index in [2.05, 4.69) is 25.2 Å². The molecule has 1 aliphatic heterocycles. The Morgan fingerprint density at radius 2 is 1.69 bits per heavy atom. The van der Waals surface area contributed by atoms with Crippen molar-refractivity contribution in [1.82, 2.24) is 20.3 Å². The Labute approximate surface area is 173 Å². The van der Waals surface area contributed by atoms with E-state index in [1.807, 2.05) is 0 Å². The fourth-order valence-corrected chi connectivity index (χ4v) is 6.88. The Balaban J connectivity index is 1.22. The first-order valence-electron chi connectivity index (χ1n) is 11.4. The molecule has 7 heteroatoms. The molecule has 1 aromatic rings. The Kier molecular flexibility index (Phi) is 5.08. The highest BCUT2D eigenvalue weighted by Gasteiger charge is 2.51. The van der Waals surface area contributed by atoms with Gasteiger partial charge >= 0.3 is 6.01 Å². The van der Waals surface area contributed by atoms with Crippen LogP contribution in [0.3, 0.4) is 0 Å². The molecule has 1 amide bonds. The SMILES string of the molecule is COc1nc(CNC(=O)CC23CC4CC(CC(C4)C2)C3)nc(N2CCCCC2)n1. The zero-order valence-corrected chi connectivity index (χ0v) is 17.5. The van der Waals surface area contributed by atoms with Crippen molar-refractivity contribution in [1.29, 1.82) is 0 Å². The minimum absolute atomic E-state index is 0.144. The number of nitrogens with zero attached hydrogens (tertiary/aromatic N) is 4. The van der Waals surface area contributed by atoms with E-state index in [4.69, 9.17) is 4.74 Å². The smallest absolute Gasteiger partial charge is 0.321 e. The lowest BCUT2D eigenvalue weighted by atomic mass is 9.49. The van der Waals surface area contributed by atoms with E-state index >= 15 is 0 Å². The van der Waals surface area contributed by atoms with Crippen LogP contribution in [0.1, 0.15) is 70.0 Å². The van der Waals surface area contributed by atoms with Gasteiger partial charge in [0.1, 0.15) is 0 Å². The summed E-state index contributed by atoms with van der Waals surface area (Å²) in [7, 11) is 1.57. The molecular weight excluding hydrogens is 366 g/mol. The first-order valence-corrected chi connectivity index (χ1v) is 11.4. The lowest BCUT2D eigenvalue weighted by molar-refractivity contribution is -0.129. The van der Waals surface area contributed by atoms with Gasteiger partial charge in [-0.3, -0.25) is 4.79 Å². The molecule has 6 rings (SSSR count). The number of carbonyl (C=O) groups excluding carboxylic acids is 1. The molecule has 0 radical (unpaired) electrons. The minimum atomic E-state index is 0.144. The molecule has 0 atom stereocenters. The molecule has 1 N–H and O–H groups in total. The predicted octanol–water partition coefficient (Wildman–Crippen LogP) is 3.09. The summed E-state index contributed by atoms with van der Waals surface area (Å²) >= 11 is 0. The van der Waals surface area contributed by atoms with Crippen molar-refractivity contribution in [3.8, 4) is 6.01 Å². The van der Waals surface area contributed by atoms with E-state index in [-0.39, 0.29) is 11.3 Å². The van der Waals surface area contributed by atoms with Crippen LogP contribution in [0.2, 0.25) is 0 Å². The third kappa shape index (κ3) is 4.05. The highest BCUT2D eigenvalue weighted by Crippen LogP contribution is 2.61. The van der Waals surface area contributed by atoms with E-state index in [0.29, 0.717) is 30.7 Å². The van der Waals surface area contributed by atoms with Gasteiger partial charge in [0, 0.05) is 19.5 Å². The zero-order chi connectivity index (χ0) is 19.8. The highest BCUT2D eigenvalue weighted by molar-refractivity contribution is 5.76. The summed E-state index contributed by atoms with van der Waals surface area (Å²) in [5.41, 5.74) is 0.259. The maximum atomic E-state index is 12.8. The van der Waals surface area contributed by atoms with E-state index in [1.54, 1.807) is 7.11 Å². The molecule has 29 heavy (non-hydrogen) atoms. The fraction of sp³-hybridized carbons (Fsp3) is 0.818. The van der Waals surface area contributed by atoms with Gasteiger partial charge in [-0.05, 0) is 81.0 Å². The van der Waals surface area contributed by atoms with Crippen molar-refractivity contribution in [2.45, 2.75) is 70.8 Å². The van der Waals surface area contributed by atoms with Gasteiger partial charge in [-0.25, -0.2) is 0 Å². The summed E-state index contributed by atoms with van der Waals surface area (Å²) in [6.45, 7) is 2.26. The first-order chi connectivity index (χ1) is 14.1. The minimum Gasteiger partial charge on any atom is -0.467 e. The van der Waals surface area contributed by atoms with Crippen LogP contribution in [-0.2, 0) is 11.3 Å². The van der Waals surface area contributed by atoms with Crippen molar-refractivity contribution in [2.24, 2.45) is 23.2 Å². The van der Waals surface area contributed by atoms with Crippen molar-refractivity contribution < 1.29 is 9.53 Å². The Hall–Kier alpha value is -1.92. The number of methoxy groups -OCH3 is 1. The van der Waals surface area contributed by atoms with E-state index in [1.165, 1.54) is 44.9 Å². The first kappa shape index (κ1) is 19.1. The van der Waals surface area contributed by atoms with Crippen molar-refractivity contribution in [3.05, 3.63) is 5.82 Å². The number of hydrogen-bond donors (Lipinski definition) is 1. The molecule has 0 spiro atoms. The zero-order valence-electron chi connectivity index (χ0n) is 17.5. The molecule has 7 nitrogen and oxygen atoms in total. The summed E-state index contributed by atoms with van der Waals surface area (Å²) in [6, 6.07) is 0.325. The molecule has 1 aromatic heterocycles. The van der Waals surface area contributed by atoms with Crippen LogP contribution in [0.15, 0.2) is 0 Å². The fourth-order valence-electron chi connectivity index (χ4n) is 6.88. The monoisotopic (exact) mass is 399 g/mol. The summed E-state index contributed by atoms with van der Waals surface area (Å²) in [5, 5.41) is 3.09. The van der Waals surface area contributed by atoms with Gasteiger partial charge in [0.2, 0.25) is 11.9 Å². The molecule has 158 valence electrons. The molecular formula is C22H33N5O2. The van der Waals surface area contributed by atoms with Crippen LogP contribution < -0.4 is 15.0 Å². The third-order valence-electron chi connectivity index (χ3n) is 7.62. The molecule has 5 aliphatic rings. The number of amides is 1. The summed E-state index contributed by atoms with van der Waals surface area (Å²) in [6.07, 6.45) is 12.2. The van der Waals surface area contributed by atoms with Crippen LogP contribution in [0.5, 0.6) is 6.01 Å². The van der Waals surface area contributed by atoms with Gasteiger partial charge in [0.05, 0.1) is 13.7 Å². The molecule has 4 bridgehead atoms. The van der Waals surface area contributed by atoms with Crippen LogP contribution >= 0.6 is 0 Å². The lowest BCUT2D eigenvalue weighted by Gasteiger charge is -2.56. The second-order valence-corrected chi connectivity index (χ2v) is 9.96. The van der Waals surface area contributed by atoms with Crippen LogP contribution in [0.25, 0.3) is 0 Å². The number of piperidine rings is 1. The Morgan fingerprint density at radius 3 is 2.31 bits per heavy atom. The highest BCUT2D eigenvalue weighted by atomic mass is 16.5. The number of hydrogen-bond acceptors (Lipinski definition) is 6. The van der Waals surface area contributed by atoms with Crippen LogP contribution in [0.4, 0.5) is 5.95 Å². The van der Waals surface area contributed by atoms with Crippen LogP contribution in [-0.4, -0.2) is 41.1 Å². The average molecular weight is 400 g/mol. The van der Waals surface area contributed by atoms with Crippen molar-refractivity contribution in [3.63, 3.8) is 0 Å². The van der Waals surface area contributed by atoms with Gasteiger partial charge in [-0.2, -0.15) is 15.0 Å². The number of carbonyl (C=O) groups is 1. The maximum absolute atomic E-state index is 12.8. The average Bonchev–Trinajstić information content (AvgIpc) is 2.71. The molecule has 0 unspecified atom stereocenters. The van der Waals surface area contributed by atoms with Crippen molar-refractivity contribution >= 4 is 11.9 Å². The van der Waals surface area contributed by atoms with Gasteiger partial charge in [-0.15, -0.1) is 0 Å². The molecule has 4 aliphatic carbocycles. The van der Waals surface area contributed by atoms with Crippen LogP contribution in [0, 0.1) is 23.2 Å². The number of nitrogens with one attached hydrogen (secondary N) is 1. The largest absolute Gasteiger partial charge is 0.467 e. The number of aromatic nitrogens is 3. The van der Waals surface area contributed by atoms with Gasteiger partial charge in [0.15, 0.2) is 5.82 Å².